The summed E-state index contributed by atoms with van der Waals surface area (Å²) >= 11 is 0. The van der Waals surface area contributed by atoms with Crippen molar-refractivity contribution in [2.24, 2.45) is 5.73 Å². The number of hydrogen-bond donors (Lipinski definition) is 1. The zero-order chi connectivity index (χ0) is 19.3. The summed E-state index contributed by atoms with van der Waals surface area (Å²) in [5.74, 6) is -0.904. The predicted molar refractivity (Wildman–Crippen MR) is 90.6 cm³/mol. The molecule has 1 saturated heterocycles. The van der Waals surface area contributed by atoms with E-state index in [-0.39, 0.29) is 30.7 Å². The molecule has 0 spiro atoms. The van der Waals surface area contributed by atoms with Crippen molar-refractivity contribution < 1.29 is 18.0 Å². The average Bonchev–Trinajstić information content (AvgIpc) is 3.27. The second-order valence-electron chi connectivity index (χ2n) is 7.30. The van der Waals surface area contributed by atoms with Gasteiger partial charge in [0.05, 0.1) is 12.1 Å². The van der Waals surface area contributed by atoms with E-state index in [9.17, 15) is 18.0 Å². The largest absolute Gasteiger partial charge is 0.451 e. The third kappa shape index (κ3) is 3.09. The fraction of sp³-hybridized carbons (Fsp3) is 0.500. The van der Waals surface area contributed by atoms with Gasteiger partial charge in [0.2, 0.25) is 11.7 Å². The summed E-state index contributed by atoms with van der Waals surface area (Å²) in [4.78, 5) is 14.3. The molecule has 2 bridgehead atoms. The van der Waals surface area contributed by atoms with Crippen molar-refractivity contribution in [1.82, 2.24) is 19.7 Å². The van der Waals surface area contributed by atoms with Gasteiger partial charge in [-0.2, -0.15) is 13.2 Å². The molecule has 2 aliphatic rings. The third-order valence-corrected chi connectivity index (χ3v) is 5.42. The summed E-state index contributed by atoms with van der Waals surface area (Å²) in [5.41, 5.74) is 8.38. The Balaban J connectivity index is 1.44. The van der Waals surface area contributed by atoms with E-state index in [0.717, 1.165) is 15.7 Å². The number of alkyl halides is 3. The minimum atomic E-state index is -4.54. The van der Waals surface area contributed by atoms with Crippen molar-refractivity contribution in [2.45, 2.75) is 50.5 Å². The van der Waals surface area contributed by atoms with E-state index in [0.29, 0.717) is 12.8 Å². The molecule has 1 aromatic carbocycles. The van der Waals surface area contributed by atoms with Gasteiger partial charge in [0.25, 0.3) is 0 Å². The molecule has 1 fully saturated rings. The molecule has 9 heteroatoms. The summed E-state index contributed by atoms with van der Waals surface area (Å²) in [7, 11) is 0. The molecule has 144 valence electrons. The van der Waals surface area contributed by atoms with Crippen molar-refractivity contribution >= 4 is 5.91 Å². The first-order chi connectivity index (χ1) is 12.8. The Labute approximate surface area is 154 Å². The Morgan fingerprint density at radius 2 is 2.07 bits per heavy atom. The van der Waals surface area contributed by atoms with Crippen LogP contribution in [0.15, 0.2) is 24.3 Å². The van der Waals surface area contributed by atoms with E-state index in [1.54, 1.807) is 4.90 Å². The van der Waals surface area contributed by atoms with Crippen LogP contribution >= 0.6 is 0 Å². The van der Waals surface area contributed by atoms with Crippen molar-refractivity contribution in [3.05, 3.63) is 47.0 Å². The number of aryl methyl sites for hydroxylation is 1. The molecule has 3 atom stereocenters. The van der Waals surface area contributed by atoms with Crippen LogP contribution in [-0.4, -0.2) is 38.2 Å². The minimum absolute atomic E-state index is 0.147. The van der Waals surface area contributed by atoms with Crippen LogP contribution in [0.25, 0.3) is 0 Å². The van der Waals surface area contributed by atoms with Gasteiger partial charge in [0, 0.05) is 19.0 Å². The highest BCUT2D eigenvalue weighted by Gasteiger charge is 2.51. The van der Waals surface area contributed by atoms with E-state index in [1.807, 2.05) is 31.2 Å². The summed E-state index contributed by atoms with van der Waals surface area (Å²) in [6, 6.07) is 6.64. The number of benzene rings is 1. The molecular weight excluding hydrogens is 359 g/mol. The van der Waals surface area contributed by atoms with Crippen molar-refractivity contribution in [3.63, 3.8) is 0 Å². The van der Waals surface area contributed by atoms with Gasteiger partial charge in [0.15, 0.2) is 5.82 Å². The molecule has 1 aromatic heterocycles. The summed E-state index contributed by atoms with van der Waals surface area (Å²) in [6.45, 7) is 2.24. The molecule has 3 unspecified atom stereocenters. The van der Waals surface area contributed by atoms with Crippen LogP contribution in [0.2, 0.25) is 0 Å². The minimum Gasteiger partial charge on any atom is -0.330 e. The highest BCUT2D eigenvalue weighted by atomic mass is 19.4. The van der Waals surface area contributed by atoms with Gasteiger partial charge in [-0.3, -0.25) is 4.79 Å². The highest BCUT2D eigenvalue weighted by Crippen LogP contribution is 2.47. The molecule has 0 radical (unpaired) electrons. The Hall–Kier alpha value is -2.42. The molecule has 2 aliphatic heterocycles. The number of aromatic nitrogens is 3. The molecule has 0 aliphatic carbocycles. The maximum atomic E-state index is 13.0. The van der Waals surface area contributed by atoms with Gasteiger partial charge in [-0.05, 0) is 30.9 Å². The van der Waals surface area contributed by atoms with E-state index < -0.39 is 24.1 Å². The van der Waals surface area contributed by atoms with Gasteiger partial charge >= 0.3 is 6.18 Å². The fourth-order valence-corrected chi connectivity index (χ4v) is 4.14. The molecule has 1 amide bonds. The normalized spacial score (nSPS) is 22.2. The Morgan fingerprint density at radius 3 is 2.78 bits per heavy atom. The van der Waals surface area contributed by atoms with Crippen LogP contribution in [0.5, 0.6) is 0 Å². The number of carbonyl (C=O) groups is 1. The Bertz CT molecular complexity index is 878. The van der Waals surface area contributed by atoms with Crippen molar-refractivity contribution in [2.75, 3.05) is 6.54 Å². The Kier molecular flexibility index (Phi) is 4.21. The number of carbonyl (C=O) groups excluding carboxylic acids is 1. The van der Waals surface area contributed by atoms with Gasteiger partial charge < -0.3 is 15.2 Å². The number of halogens is 3. The number of nitrogens with zero attached hydrogens (tertiary/aromatic N) is 4. The first-order valence-electron chi connectivity index (χ1n) is 8.87. The topological polar surface area (TPSA) is 77.0 Å². The monoisotopic (exact) mass is 379 g/mol. The van der Waals surface area contributed by atoms with Gasteiger partial charge in [0.1, 0.15) is 0 Å². The molecule has 0 saturated carbocycles. The van der Waals surface area contributed by atoms with Crippen LogP contribution in [0.4, 0.5) is 13.2 Å². The second-order valence-corrected chi connectivity index (χ2v) is 7.30. The first kappa shape index (κ1) is 18.0. The molecule has 4 rings (SSSR count). The fourth-order valence-electron chi connectivity index (χ4n) is 4.14. The number of amides is 1. The molecule has 27 heavy (non-hydrogen) atoms. The molecular formula is C18H20F3N5O. The van der Waals surface area contributed by atoms with Crippen LogP contribution in [-0.2, 0) is 17.4 Å². The van der Waals surface area contributed by atoms with Crippen LogP contribution in [0, 0.1) is 6.92 Å². The number of likely N-dealkylation sites (tertiary alicyclic amines) is 1. The second kappa shape index (κ2) is 6.33. The number of rotatable bonds is 4. The number of fused-ring (bicyclic) bond motifs is 5. The lowest BCUT2D eigenvalue weighted by molar-refractivity contribution is -0.148. The van der Waals surface area contributed by atoms with Crippen LogP contribution in [0.1, 0.15) is 47.7 Å². The smallest absolute Gasteiger partial charge is 0.330 e. The number of nitrogens with two attached hydrogens (primary N) is 1. The Morgan fingerprint density at radius 1 is 1.33 bits per heavy atom. The zero-order valence-corrected chi connectivity index (χ0v) is 14.8. The van der Waals surface area contributed by atoms with Crippen LogP contribution in [0.3, 0.4) is 0 Å². The molecule has 2 aromatic rings. The van der Waals surface area contributed by atoms with Gasteiger partial charge in [-0.25, -0.2) is 0 Å². The summed E-state index contributed by atoms with van der Waals surface area (Å²) in [6.07, 6.45) is -3.36. The summed E-state index contributed by atoms with van der Waals surface area (Å²) < 4.78 is 40.3. The van der Waals surface area contributed by atoms with Gasteiger partial charge in [-0.15, -0.1) is 10.2 Å². The van der Waals surface area contributed by atoms with E-state index in [4.69, 9.17) is 5.73 Å². The average molecular weight is 379 g/mol. The quantitative estimate of drug-likeness (QED) is 0.885. The van der Waals surface area contributed by atoms with Crippen molar-refractivity contribution in [1.29, 1.82) is 0 Å². The number of hydrogen-bond acceptors (Lipinski definition) is 4. The summed E-state index contributed by atoms with van der Waals surface area (Å²) in [5, 5.41) is 7.00. The SMILES string of the molecule is Cc1ccccc1CC(N)CC(=O)N1CC2CC1c1nnc(C(F)(F)F)n12. The maximum Gasteiger partial charge on any atom is 0.451 e. The zero-order valence-electron chi connectivity index (χ0n) is 14.8. The van der Waals surface area contributed by atoms with E-state index in [2.05, 4.69) is 10.2 Å². The predicted octanol–water partition coefficient (Wildman–Crippen LogP) is 2.39. The van der Waals surface area contributed by atoms with E-state index in [1.165, 1.54) is 0 Å². The molecule has 3 heterocycles. The van der Waals surface area contributed by atoms with Crippen molar-refractivity contribution in [3.8, 4) is 0 Å². The molecule has 6 nitrogen and oxygen atoms in total. The van der Waals surface area contributed by atoms with Gasteiger partial charge in [-0.1, -0.05) is 24.3 Å². The van der Waals surface area contributed by atoms with Crippen LogP contribution < -0.4 is 5.73 Å². The third-order valence-electron chi connectivity index (χ3n) is 5.42. The molecule has 2 N–H and O–H groups in total. The first-order valence-corrected chi connectivity index (χ1v) is 8.87. The lowest BCUT2D eigenvalue weighted by Gasteiger charge is -2.28. The lowest BCUT2D eigenvalue weighted by Crippen LogP contribution is -2.39. The van der Waals surface area contributed by atoms with E-state index >= 15 is 0 Å². The maximum absolute atomic E-state index is 13.0. The lowest BCUT2D eigenvalue weighted by atomic mass is 9.99. The highest BCUT2D eigenvalue weighted by molar-refractivity contribution is 5.78. The standard InChI is InChI=1S/C18H20F3N5O/c1-10-4-2-3-5-11(10)6-12(22)7-15(27)25-9-13-8-14(25)16-23-24-17(26(13)16)18(19,20)21/h2-5,12-14H,6-9,22H2,1H3.